The summed E-state index contributed by atoms with van der Waals surface area (Å²) in [6.07, 6.45) is 0.414. The Morgan fingerprint density at radius 3 is 2.75 bits per heavy atom. The molecule has 2 atom stereocenters. The third-order valence-corrected chi connectivity index (χ3v) is 3.05. The molecule has 1 saturated heterocycles. The first-order valence-corrected chi connectivity index (χ1v) is 5.77. The zero-order valence-corrected chi connectivity index (χ0v) is 10.3. The van der Waals surface area contributed by atoms with E-state index in [-0.39, 0.29) is 0 Å². The summed E-state index contributed by atoms with van der Waals surface area (Å²) in [4.78, 5) is 15.3. The molecule has 0 aromatic heterocycles. The number of rotatable bonds is 6. The summed E-state index contributed by atoms with van der Waals surface area (Å²) < 4.78 is 5.21. The predicted molar refractivity (Wildman–Crippen MR) is 61.6 cm³/mol. The Morgan fingerprint density at radius 2 is 2.31 bits per heavy atom. The summed E-state index contributed by atoms with van der Waals surface area (Å²) in [5.41, 5.74) is 0. The molecule has 1 fully saturated rings. The molecule has 1 rings (SSSR count). The number of carboxylic acids is 1. The molecule has 94 valence electrons. The van der Waals surface area contributed by atoms with E-state index in [1.54, 1.807) is 0 Å². The second-order valence-corrected chi connectivity index (χ2v) is 4.45. The fourth-order valence-electron chi connectivity index (χ4n) is 2.04. The summed E-state index contributed by atoms with van der Waals surface area (Å²) in [5.74, 6) is -0.866. The van der Waals surface area contributed by atoms with Crippen LogP contribution in [-0.2, 0) is 9.53 Å². The monoisotopic (exact) mass is 230 g/mol. The van der Waals surface area contributed by atoms with Gasteiger partial charge in [-0.05, 0) is 34.0 Å². The normalized spacial score (nSPS) is 23.9. The van der Waals surface area contributed by atoms with Gasteiger partial charge in [-0.2, -0.15) is 0 Å². The Labute approximate surface area is 97.0 Å². The fraction of sp³-hybridized carbons (Fsp3) is 0.909. The number of ether oxygens (including phenoxy) is 1. The van der Waals surface area contributed by atoms with Crippen LogP contribution in [-0.4, -0.2) is 73.4 Å². The number of hydrogen-bond donors (Lipinski definition) is 1. The first-order chi connectivity index (χ1) is 7.54. The van der Waals surface area contributed by atoms with Crippen molar-refractivity contribution in [1.82, 2.24) is 9.80 Å². The average molecular weight is 230 g/mol. The molecule has 0 aromatic rings. The van der Waals surface area contributed by atoms with Crippen LogP contribution in [0.3, 0.4) is 0 Å². The molecule has 5 nitrogen and oxygen atoms in total. The molecular weight excluding hydrogens is 208 g/mol. The Hall–Kier alpha value is -0.650. The highest BCUT2D eigenvalue weighted by molar-refractivity contribution is 5.72. The van der Waals surface area contributed by atoms with Crippen LogP contribution in [0.1, 0.15) is 13.3 Å². The van der Waals surface area contributed by atoms with Gasteiger partial charge < -0.3 is 14.7 Å². The van der Waals surface area contributed by atoms with Gasteiger partial charge in [0.1, 0.15) is 0 Å². The zero-order chi connectivity index (χ0) is 12.1. The smallest absolute Gasteiger partial charge is 0.334 e. The third-order valence-electron chi connectivity index (χ3n) is 3.05. The number of hydrogen-bond acceptors (Lipinski definition) is 4. The van der Waals surface area contributed by atoms with Gasteiger partial charge in [-0.3, -0.25) is 4.90 Å². The second-order valence-electron chi connectivity index (χ2n) is 4.45. The van der Waals surface area contributed by atoms with Gasteiger partial charge in [0.05, 0.1) is 0 Å². The topological polar surface area (TPSA) is 53.0 Å². The standard InChI is InChI=1S/C11H22N2O3/c1-4-16-10(11(14)15)8-13-6-5-9(7-13)12(2)3/h9-10H,4-8H2,1-3H3,(H,14,15). The third kappa shape index (κ3) is 3.73. The maximum Gasteiger partial charge on any atom is 0.334 e. The number of carbonyl (C=O) groups is 1. The molecule has 5 heteroatoms. The van der Waals surface area contributed by atoms with Crippen molar-refractivity contribution >= 4 is 5.97 Å². The van der Waals surface area contributed by atoms with Gasteiger partial charge in [-0.25, -0.2) is 4.79 Å². The van der Waals surface area contributed by atoms with Crippen molar-refractivity contribution in [3.8, 4) is 0 Å². The maximum absolute atomic E-state index is 10.9. The molecule has 0 amide bonds. The summed E-state index contributed by atoms with van der Waals surface area (Å²) in [6, 6.07) is 0.538. The minimum Gasteiger partial charge on any atom is -0.479 e. The zero-order valence-electron chi connectivity index (χ0n) is 10.3. The molecule has 1 aliphatic heterocycles. The van der Waals surface area contributed by atoms with Crippen molar-refractivity contribution in [1.29, 1.82) is 0 Å². The van der Waals surface area contributed by atoms with Crippen LogP contribution in [0.2, 0.25) is 0 Å². The molecule has 0 spiro atoms. The summed E-state index contributed by atoms with van der Waals surface area (Å²) >= 11 is 0. The fourth-order valence-corrected chi connectivity index (χ4v) is 2.04. The summed E-state index contributed by atoms with van der Waals surface area (Å²) in [6.45, 7) is 4.65. The highest BCUT2D eigenvalue weighted by atomic mass is 16.5. The lowest BCUT2D eigenvalue weighted by molar-refractivity contribution is -0.151. The SMILES string of the molecule is CCOC(CN1CCC(N(C)C)C1)C(=O)O. The average Bonchev–Trinajstić information content (AvgIpc) is 2.65. The quantitative estimate of drug-likeness (QED) is 0.702. The summed E-state index contributed by atoms with van der Waals surface area (Å²) in [7, 11) is 4.12. The first-order valence-electron chi connectivity index (χ1n) is 5.77. The highest BCUT2D eigenvalue weighted by Crippen LogP contribution is 2.14. The van der Waals surface area contributed by atoms with Crippen molar-refractivity contribution < 1.29 is 14.6 Å². The minimum atomic E-state index is -0.866. The number of aliphatic carboxylic acids is 1. The van der Waals surface area contributed by atoms with Gasteiger partial charge >= 0.3 is 5.97 Å². The lowest BCUT2D eigenvalue weighted by Gasteiger charge is -2.22. The molecule has 0 aromatic carbocycles. The number of likely N-dealkylation sites (N-methyl/N-ethyl adjacent to an activating group) is 1. The van der Waals surface area contributed by atoms with E-state index >= 15 is 0 Å². The van der Waals surface area contributed by atoms with Gasteiger partial charge in [0.2, 0.25) is 0 Å². The molecule has 2 unspecified atom stereocenters. The van der Waals surface area contributed by atoms with Crippen molar-refractivity contribution in [2.75, 3.05) is 40.3 Å². The van der Waals surface area contributed by atoms with Gasteiger partial charge in [0.15, 0.2) is 6.10 Å². The highest BCUT2D eigenvalue weighted by Gasteiger charge is 2.28. The van der Waals surface area contributed by atoms with E-state index in [0.29, 0.717) is 19.2 Å². The lowest BCUT2D eigenvalue weighted by atomic mass is 10.2. The molecule has 0 bridgehead atoms. The van der Waals surface area contributed by atoms with E-state index in [1.165, 1.54) is 0 Å². The Morgan fingerprint density at radius 1 is 1.62 bits per heavy atom. The van der Waals surface area contributed by atoms with E-state index < -0.39 is 12.1 Å². The first kappa shape index (κ1) is 13.4. The van der Waals surface area contributed by atoms with Crippen LogP contribution in [0.15, 0.2) is 0 Å². The second kappa shape index (κ2) is 6.18. The van der Waals surface area contributed by atoms with E-state index in [1.807, 2.05) is 6.92 Å². The molecule has 0 aliphatic carbocycles. The van der Waals surface area contributed by atoms with Crippen molar-refractivity contribution in [2.24, 2.45) is 0 Å². The molecule has 0 radical (unpaired) electrons. The van der Waals surface area contributed by atoms with E-state index in [9.17, 15) is 4.79 Å². The van der Waals surface area contributed by atoms with Crippen LogP contribution < -0.4 is 0 Å². The van der Waals surface area contributed by atoms with Crippen LogP contribution >= 0.6 is 0 Å². The largest absolute Gasteiger partial charge is 0.479 e. The van der Waals surface area contributed by atoms with Crippen molar-refractivity contribution in [3.63, 3.8) is 0 Å². The Bertz CT molecular complexity index is 233. The van der Waals surface area contributed by atoms with Gasteiger partial charge in [0.25, 0.3) is 0 Å². The Kier molecular flexibility index (Phi) is 5.18. The molecule has 1 aliphatic rings. The van der Waals surface area contributed by atoms with E-state index in [2.05, 4.69) is 23.9 Å². The van der Waals surface area contributed by atoms with Crippen LogP contribution in [0.5, 0.6) is 0 Å². The molecule has 0 saturated carbocycles. The summed E-state index contributed by atoms with van der Waals surface area (Å²) in [5, 5.41) is 8.98. The van der Waals surface area contributed by atoms with Crippen molar-refractivity contribution in [2.45, 2.75) is 25.5 Å². The predicted octanol–water partition coefficient (Wildman–Crippen LogP) is 0.112. The van der Waals surface area contributed by atoms with E-state index in [4.69, 9.17) is 9.84 Å². The van der Waals surface area contributed by atoms with Gasteiger partial charge in [-0.15, -0.1) is 0 Å². The molecular formula is C11H22N2O3. The number of nitrogens with zero attached hydrogens (tertiary/aromatic N) is 2. The van der Waals surface area contributed by atoms with Crippen LogP contribution in [0.4, 0.5) is 0 Å². The van der Waals surface area contributed by atoms with E-state index in [0.717, 1.165) is 19.5 Å². The van der Waals surface area contributed by atoms with Gasteiger partial charge in [0, 0.05) is 25.7 Å². The number of likely N-dealkylation sites (tertiary alicyclic amines) is 1. The molecule has 1 heterocycles. The molecule has 1 N–H and O–H groups in total. The minimum absolute atomic E-state index is 0.446. The van der Waals surface area contributed by atoms with Crippen molar-refractivity contribution in [3.05, 3.63) is 0 Å². The van der Waals surface area contributed by atoms with Gasteiger partial charge in [-0.1, -0.05) is 0 Å². The number of carboxylic acid groups (broad SMARTS) is 1. The van der Waals surface area contributed by atoms with Crippen LogP contribution in [0.25, 0.3) is 0 Å². The lowest BCUT2D eigenvalue weighted by Crippen LogP contribution is -2.39. The maximum atomic E-state index is 10.9. The van der Waals surface area contributed by atoms with Crippen LogP contribution in [0, 0.1) is 0 Å². The molecule has 16 heavy (non-hydrogen) atoms. The Balaban J connectivity index is 2.39.